The van der Waals surface area contributed by atoms with E-state index in [9.17, 15) is 22.4 Å². The van der Waals surface area contributed by atoms with E-state index in [1.165, 1.54) is 12.1 Å². The van der Waals surface area contributed by atoms with E-state index in [1.807, 2.05) is 0 Å². The molecule has 0 saturated heterocycles. The van der Waals surface area contributed by atoms with Crippen molar-refractivity contribution in [1.82, 2.24) is 19.6 Å². The van der Waals surface area contributed by atoms with Gasteiger partial charge in [-0.2, -0.15) is 22.7 Å². The molecule has 6 nitrogen and oxygen atoms in total. The number of carbonyl (C=O) groups excluding carboxylic acids is 1. The first-order valence-corrected chi connectivity index (χ1v) is 9.18. The van der Waals surface area contributed by atoms with Gasteiger partial charge in [-0.1, -0.05) is 11.6 Å². The zero-order chi connectivity index (χ0) is 22.3. The van der Waals surface area contributed by atoms with Gasteiger partial charge in [0, 0.05) is 16.3 Å². The fourth-order valence-corrected chi connectivity index (χ4v) is 3.11. The number of aromatic nitrogens is 4. The lowest BCUT2D eigenvalue weighted by atomic mass is 10.1. The van der Waals surface area contributed by atoms with Gasteiger partial charge < -0.3 is 5.32 Å². The van der Waals surface area contributed by atoms with Crippen LogP contribution in [0.4, 0.5) is 23.2 Å². The number of fused-ring (bicyclic) bond motifs is 1. The Hall–Kier alpha value is -3.53. The first kappa shape index (κ1) is 20.7. The molecule has 2 aromatic heterocycles. The number of alkyl halides is 3. The first-order valence-electron chi connectivity index (χ1n) is 8.80. The van der Waals surface area contributed by atoms with Gasteiger partial charge in [0.25, 0.3) is 11.7 Å². The van der Waals surface area contributed by atoms with E-state index < -0.39 is 35.2 Å². The minimum atomic E-state index is -4.80. The number of carbonyl (C=O) groups is 1. The Labute approximate surface area is 177 Å². The first-order chi connectivity index (χ1) is 14.6. The van der Waals surface area contributed by atoms with E-state index in [2.05, 4.69) is 20.4 Å². The van der Waals surface area contributed by atoms with Crippen molar-refractivity contribution in [3.63, 3.8) is 0 Å². The molecule has 2 aromatic carbocycles. The monoisotopic (exact) mass is 449 g/mol. The highest BCUT2D eigenvalue weighted by Crippen LogP contribution is 2.32. The van der Waals surface area contributed by atoms with E-state index in [0.29, 0.717) is 20.8 Å². The summed E-state index contributed by atoms with van der Waals surface area (Å²) in [6.45, 7) is 1.71. The number of anilines is 1. The number of benzene rings is 2. The summed E-state index contributed by atoms with van der Waals surface area (Å²) in [5.41, 5.74) is 0.0422. The zero-order valence-corrected chi connectivity index (χ0v) is 16.5. The highest BCUT2D eigenvalue weighted by Gasteiger charge is 2.36. The third kappa shape index (κ3) is 4.19. The molecule has 4 rings (SSSR count). The van der Waals surface area contributed by atoms with E-state index in [-0.39, 0.29) is 11.3 Å². The van der Waals surface area contributed by atoms with Gasteiger partial charge in [-0.3, -0.25) is 4.79 Å². The molecule has 158 valence electrons. The van der Waals surface area contributed by atoms with Crippen LogP contribution in [0.2, 0.25) is 5.02 Å². The summed E-state index contributed by atoms with van der Waals surface area (Å²) in [5, 5.41) is 6.70. The van der Waals surface area contributed by atoms with Gasteiger partial charge in [0.05, 0.1) is 5.69 Å². The van der Waals surface area contributed by atoms with Crippen molar-refractivity contribution in [3.8, 4) is 11.3 Å². The van der Waals surface area contributed by atoms with Crippen LogP contribution >= 0.6 is 11.6 Å². The summed E-state index contributed by atoms with van der Waals surface area (Å²) in [6.07, 6.45) is -4.80. The van der Waals surface area contributed by atoms with Crippen LogP contribution in [-0.4, -0.2) is 25.5 Å². The normalized spacial score (nSPS) is 11.7. The number of amides is 1. The average Bonchev–Trinajstić information content (AvgIpc) is 3.13. The predicted octanol–water partition coefficient (Wildman–Crippen LogP) is 5.16. The molecule has 0 aliphatic carbocycles. The van der Waals surface area contributed by atoms with Crippen molar-refractivity contribution in [2.75, 3.05) is 5.32 Å². The average molecular weight is 450 g/mol. The summed E-state index contributed by atoms with van der Waals surface area (Å²) < 4.78 is 54.5. The molecule has 4 aromatic rings. The second-order valence-corrected chi connectivity index (χ2v) is 7.03. The Morgan fingerprint density at radius 2 is 1.77 bits per heavy atom. The minimum Gasteiger partial charge on any atom is -0.319 e. The zero-order valence-electron chi connectivity index (χ0n) is 15.7. The lowest BCUT2D eigenvalue weighted by Gasteiger charge is -2.10. The molecular weight excluding hydrogens is 438 g/mol. The van der Waals surface area contributed by atoms with Crippen molar-refractivity contribution < 1.29 is 22.4 Å². The number of aryl methyl sites for hydroxylation is 1. The van der Waals surface area contributed by atoms with Crippen LogP contribution in [-0.2, 0) is 6.18 Å². The largest absolute Gasteiger partial charge is 0.433 e. The molecule has 0 spiro atoms. The minimum absolute atomic E-state index is 0.0901. The summed E-state index contributed by atoms with van der Waals surface area (Å²) >= 11 is 5.88. The summed E-state index contributed by atoms with van der Waals surface area (Å²) in [4.78, 5) is 20.5. The Morgan fingerprint density at radius 1 is 1.06 bits per heavy atom. The van der Waals surface area contributed by atoms with Crippen LogP contribution < -0.4 is 5.32 Å². The molecule has 0 fully saturated rings. The Morgan fingerprint density at radius 3 is 2.42 bits per heavy atom. The number of nitrogens with zero attached hydrogens (tertiary/aromatic N) is 4. The van der Waals surface area contributed by atoms with Gasteiger partial charge in [-0.05, 0) is 61.0 Å². The number of halogens is 5. The van der Waals surface area contributed by atoms with Gasteiger partial charge in [-0.15, -0.1) is 5.10 Å². The molecule has 0 saturated carbocycles. The molecule has 1 amide bonds. The van der Waals surface area contributed by atoms with Crippen molar-refractivity contribution in [3.05, 3.63) is 76.5 Å². The lowest BCUT2D eigenvalue weighted by Crippen LogP contribution is -2.16. The van der Waals surface area contributed by atoms with Crippen LogP contribution in [0.5, 0.6) is 0 Å². The summed E-state index contributed by atoms with van der Waals surface area (Å²) in [5.74, 6) is -2.28. The molecule has 11 heteroatoms. The van der Waals surface area contributed by atoms with Crippen molar-refractivity contribution in [2.45, 2.75) is 13.1 Å². The smallest absolute Gasteiger partial charge is 0.319 e. The molecule has 31 heavy (non-hydrogen) atoms. The van der Waals surface area contributed by atoms with E-state index in [4.69, 9.17) is 11.6 Å². The Kier molecular flexibility index (Phi) is 5.10. The molecule has 0 unspecified atom stereocenters. The maximum Gasteiger partial charge on any atom is 0.433 e. The van der Waals surface area contributed by atoms with Gasteiger partial charge in [0.1, 0.15) is 5.82 Å². The lowest BCUT2D eigenvalue weighted by molar-refractivity contribution is -0.142. The summed E-state index contributed by atoms with van der Waals surface area (Å²) in [6, 6.07) is 10.3. The van der Waals surface area contributed by atoms with E-state index in [0.717, 1.165) is 18.2 Å². The Balaban J connectivity index is 1.78. The highest BCUT2D eigenvalue weighted by atomic mass is 35.5. The molecule has 0 bridgehead atoms. The van der Waals surface area contributed by atoms with Crippen LogP contribution in [0.1, 0.15) is 21.9 Å². The molecular formula is C20H12ClF4N5O. The number of nitrogens with one attached hydrogen (secondary N) is 1. The van der Waals surface area contributed by atoms with Gasteiger partial charge >= 0.3 is 6.18 Å². The van der Waals surface area contributed by atoms with Crippen LogP contribution in [0.3, 0.4) is 0 Å². The van der Waals surface area contributed by atoms with E-state index in [1.54, 1.807) is 25.1 Å². The third-order valence-corrected chi connectivity index (χ3v) is 4.62. The fraction of sp³-hybridized carbons (Fsp3) is 0.100. The molecule has 2 heterocycles. The molecule has 0 atom stereocenters. The molecule has 0 aliphatic heterocycles. The predicted molar refractivity (Wildman–Crippen MR) is 105 cm³/mol. The quantitative estimate of drug-likeness (QED) is 0.438. The second kappa shape index (κ2) is 7.62. The molecule has 0 aliphatic rings. The van der Waals surface area contributed by atoms with Gasteiger partial charge in [0.2, 0.25) is 5.82 Å². The highest BCUT2D eigenvalue weighted by molar-refractivity contribution is 6.30. The SMILES string of the molecule is Cc1cc(Cl)ccc1NC(=O)c1nc2nc(-c3ccc(F)cc3)cc(C(F)(F)F)n2n1. The van der Waals surface area contributed by atoms with Crippen molar-refractivity contribution >= 4 is 29.0 Å². The number of hydrogen-bond acceptors (Lipinski definition) is 4. The van der Waals surface area contributed by atoms with Crippen molar-refractivity contribution in [1.29, 1.82) is 0 Å². The van der Waals surface area contributed by atoms with E-state index >= 15 is 0 Å². The van der Waals surface area contributed by atoms with Crippen molar-refractivity contribution in [2.24, 2.45) is 0 Å². The number of hydrogen-bond donors (Lipinski definition) is 1. The maximum atomic E-state index is 13.6. The van der Waals surface area contributed by atoms with Gasteiger partial charge in [-0.25, -0.2) is 9.37 Å². The third-order valence-electron chi connectivity index (χ3n) is 4.38. The Bertz CT molecular complexity index is 1300. The van der Waals surface area contributed by atoms with Crippen LogP contribution in [0, 0.1) is 12.7 Å². The molecule has 0 radical (unpaired) electrons. The number of rotatable bonds is 3. The molecule has 1 N–H and O–H groups in total. The summed E-state index contributed by atoms with van der Waals surface area (Å²) in [7, 11) is 0. The van der Waals surface area contributed by atoms with Crippen LogP contribution in [0.25, 0.3) is 17.0 Å². The fourth-order valence-electron chi connectivity index (χ4n) is 2.88. The topological polar surface area (TPSA) is 72.2 Å². The standard InChI is InChI=1S/C20H12ClF4N5O/c1-10-8-12(21)4-7-14(10)26-18(31)17-28-19-27-15(11-2-5-13(22)6-3-11)9-16(20(23,24)25)30(19)29-17/h2-9H,1H3,(H,26,31). The maximum absolute atomic E-state index is 13.6. The van der Waals surface area contributed by atoms with Crippen LogP contribution in [0.15, 0.2) is 48.5 Å². The second-order valence-electron chi connectivity index (χ2n) is 6.59. The van der Waals surface area contributed by atoms with Gasteiger partial charge in [0.15, 0.2) is 5.69 Å².